The number of benzene rings is 2. The molecule has 2 aromatic heterocycles. The maximum atomic E-state index is 14.2. The molecule has 2 saturated heterocycles. The summed E-state index contributed by atoms with van der Waals surface area (Å²) < 4.78 is 9.16. The highest BCUT2D eigenvalue weighted by Crippen LogP contribution is 2.30. The Labute approximate surface area is 266 Å². The van der Waals surface area contributed by atoms with Crippen molar-refractivity contribution in [3.63, 3.8) is 0 Å². The summed E-state index contributed by atoms with van der Waals surface area (Å²) in [5.74, 6) is 1.05. The van der Waals surface area contributed by atoms with Crippen molar-refractivity contribution in [2.45, 2.75) is 38.3 Å². The molecule has 4 aromatic rings. The number of likely N-dealkylation sites (tertiary alicyclic amines) is 1. The van der Waals surface area contributed by atoms with Crippen LogP contribution in [0.3, 0.4) is 0 Å². The van der Waals surface area contributed by atoms with E-state index >= 15 is 0 Å². The number of hydrogen-bond donors (Lipinski definition) is 2. The lowest BCUT2D eigenvalue weighted by Crippen LogP contribution is -2.55. The van der Waals surface area contributed by atoms with Crippen LogP contribution in [0.15, 0.2) is 83.3 Å². The fourth-order valence-corrected chi connectivity index (χ4v) is 6.31. The Hall–Kier alpha value is -5.41. The van der Waals surface area contributed by atoms with Crippen LogP contribution < -0.4 is 21.5 Å². The summed E-state index contributed by atoms with van der Waals surface area (Å²) in [7, 11) is 0. The molecule has 0 radical (unpaired) electrons. The average Bonchev–Trinajstić information content (AvgIpc) is 3.37. The van der Waals surface area contributed by atoms with Gasteiger partial charge in [0, 0.05) is 37.9 Å². The van der Waals surface area contributed by atoms with Gasteiger partial charge in [0.2, 0.25) is 5.91 Å². The van der Waals surface area contributed by atoms with Gasteiger partial charge in [-0.3, -0.25) is 23.6 Å². The molecule has 4 heterocycles. The first-order valence-electron chi connectivity index (χ1n) is 15.3. The molecule has 2 amide bonds. The lowest BCUT2D eigenvalue weighted by molar-refractivity contribution is -0.128. The number of fused-ring (bicyclic) bond motifs is 1. The van der Waals surface area contributed by atoms with Gasteiger partial charge in [-0.2, -0.15) is 5.26 Å². The SMILES string of the molecule is CC(C)(C=C(C#N)C(=O)N1CCCC(n2c(=O)n(-c3ccc(Oc4ccccc4)cc3)c3c(N)nccc32)C1)N1CCNC(=O)C1. The van der Waals surface area contributed by atoms with Crippen molar-refractivity contribution in [2.75, 3.05) is 38.5 Å². The summed E-state index contributed by atoms with van der Waals surface area (Å²) in [5.41, 5.74) is 7.07. The predicted octanol–water partition coefficient (Wildman–Crippen LogP) is 3.39. The number of ether oxygens (including phenoxy) is 1. The van der Waals surface area contributed by atoms with Crippen LogP contribution in [-0.2, 0) is 9.59 Å². The van der Waals surface area contributed by atoms with Gasteiger partial charge in [0.05, 0.1) is 23.8 Å². The first-order valence-corrected chi connectivity index (χ1v) is 15.3. The van der Waals surface area contributed by atoms with Crippen LogP contribution in [0, 0.1) is 11.3 Å². The van der Waals surface area contributed by atoms with E-state index in [1.165, 1.54) is 0 Å². The van der Waals surface area contributed by atoms with E-state index in [0.717, 1.165) is 0 Å². The number of carbonyl (C=O) groups excluding carboxylic acids is 2. The van der Waals surface area contributed by atoms with Gasteiger partial charge in [0.1, 0.15) is 34.5 Å². The predicted molar refractivity (Wildman–Crippen MR) is 173 cm³/mol. The zero-order valence-corrected chi connectivity index (χ0v) is 25.8. The number of rotatable bonds is 7. The molecule has 1 atom stereocenters. The van der Waals surface area contributed by atoms with Crippen LogP contribution in [0.5, 0.6) is 11.5 Å². The molecular formula is C34H36N8O4. The number of piperazine rings is 1. The van der Waals surface area contributed by atoms with E-state index < -0.39 is 11.4 Å². The van der Waals surface area contributed by atoms with E-state index in [1.807, 2.05) is 49.1 Å². The first kappa shape index (κ1) is 30.6. The number of para-hydroxylation sites is 1. The highest BCUT2D eigenvalue weighted by molar-refractivity contribution is 5.97. The second-order valence-corrected chi connectivity index (χ2v) is 12.1. The number of piperidine rings is 1. The largest absolute Gasteiger partial charge is 0.457 e. The van der Waals surface area contributed by atoms with Crippen LogP contribution in [0.2, 0.25) is 0 Å². The Kier molecular flexibility index (Phi) is 8.34. The van der Waals surface area contributed by atoms with Crippen molar-refractivity contribution in [1.82, 2.24) is 29.2 Å². The lowest BCUT2D eigenvalue weighted by Gasteiger charge is -2.39. The molecule has 0 saturated carbocycles. The molecule has 6 rings (SSSR count). The van der Waals surface area contributed by atoms with Crippen molar-refractivity contribution < 1.29 is 14.3 Å². The highest BCUT2D eigenvalue weighted by Gasteiger charge is 2.34. The van der Waals surface area contributed by atoms with E-state index in [0.29, 0.717) is 60.7 Å². The van der Waals surface area contributed by atoms with Crippen molar-refractivity contribution in [3.05, 3.63) is 89.0 Å². The number of amides is 2. The summed E-state index contributed by atoms with van der Waals surface area (Å²) in [6, 6.07) is 20.1. The van der Waals surface area contributed by atoms with E-state index in [9.17, 15) is 19.6 Å². The molecule has 0 bridgehead atoms. The molecule has 1 unspecified atom stereocenters. The number of nitrogens with one attached hydrogen (secondary N) is 1. The van der Waals surface area contributed by atoms with Crippen LogP contribution >= 0.6 is 0 Å². The van der Waals surface area contributed by atoms with E-state index in [2.05, 4.69) is 16.4 Å². The molecular weight excluding hydrogens is 584 g/mol. The number of hydrogen-bond acceptors (Lipinski definition) is 8. The normalized spacial score (nSPS) is 17.8. The van der Waals surface area contributed by atoms with Crippen molar-refractivity contribution in [2.24, 2.45) is 0 Å². The number of anilines is 1. The minimum Gasteiger partial charge on any atom is -0.457 e. The monoisotopic (exact) mass is 620 g/mol. The van der Waals surface area contributed by atoms with Crippen LogP contribution in [0.25, 0.3) is 16.7 Å². The first-order chi connectivity index (χ1) is 22.2. The number of nitrogens with two attached hydrogens (primary N) is 1. The van der Waals surface area contributed by atoms with Gasteiger partial charge in [-0.05, 0) is 75.2 Å². The van der Waals surface area contributed by atoms with Crippen molar-refractivity contribution in [3.8, 4) is 23.3 Å². The maximum Gasteiger partial charge on any atom is 0.334 e. The fourth-order valence-electron chi connectivity index (χ4n) is 6.31. The van der Waals surface area contributed by atoms with Crippen molar-refractivity contribution in [1.29, 1.82) is 5.26 Å². The molecule has 3 N–H and O–H groups in total. The third kappa shape index (κ3) is 5.97. The third-order valence-electron chi connectivity index (χ3n) is 8.64. The fraction of sp³-hybridized carbons (Fsp3) is 0.324. The Morgan fingerprint density at radius 2 is 1.83 bits per heavy atom. The quantitative estimate of drug-likeness (QED) is 0.236. The lowest BCUT2D eigenvalue weighted by atomic mass is 9.96. The zero-order chi connectivity index (χ0) is 32.4. The molecule has 12 nitrogen and oxygen atoms in total. The summed E-state index contributed by atoms with van der Waals surface area (Å²) in [5, 5.41) is 12.8. The number of pyridine rings is 1. The molecule has 0 aliphatic carbocycles. The zero-order valence-electron chi connectivity index (χ0n) is 25.8. The van der Waals surface area contributed by atoms with Gasteiger partial charge in [0.15, 0.2) is 0 Å². The molecule has 0 spiro atoms. The number of nitriles is 1. The topological polar surface area (TPSA) is 152 Å². The second-order valence-electron chi connectivity index (χ2n) is 12.1. The van der Waals surface area contributed by atoms with Crippen molar-refractivity contribution >= 4 is 28.7 Å². The summed E-state index contributed by atoms with van der Waals surface area (Å²) >= 11 is 0. The van der Waals surface area contributed by atoms with Crippen LogP contribution in [-0.4, -0.2) is 74.0 Å². The Morgan fingerprint density at radius 3 is 2.54 bits per heavy atom. The number of nitrogen functional groups attached to an aromatic ring is 1. The molecule has 2 fully saturated rings. The molecule has 12 heteroatoms. The molecule has 46 heavy (non-hydrogen) atoms. The second kappa shape index (κ2) is 12.5. The van der Waals surface area contributed by atoms with Gasteiger partial charge in [-0.15, -0.1) is 0 Å². The number of nitrogens with zero attached hydrogens (tertiary/aromatic N) is 6. The van der Waals surface area contributed by atoms with Gasteiger partial charge in [-0.1, -0.05) is 18.2 Å². The Balaban J connectivity index is 1.29. The Bertz CT molecular complexity index is 1900. The average molecular weight is 621 g/mol. The van der Waals surface area contributed by atoms with Gasteiger partial charge in [-0.25, -0.2) is 9.78 Å². The standard InChI is InChI=1S/C34H36N8O4/c1-34(2,40-18-16-37-29(43)22-40)19-23(20-35)32(44)39-17-6-7-25(21-39)41-28-14-15-38-31(36)30(28)42(33(41)45)24-10-12-27(13-11-24)46-26-8-4-3-5-9-26/h3-5,8-15,19,25H,6-7,16-18,21-22H2,1-2H3,(H2,36,38)(H,37,43). The molecule has 2 aliphatic heterocycles. The van der Waals surface area contributed by atoms with Crippen LogP contribution in [0.4, 0.5) is 5.82 Å². The van der Waals surface area contributed by atoms with Gasteiger partial charge >= 0.3 is 5.69 Å². The number of aromatic nitrogens is 3. The maximum absolute atomic E-state index is 14.2. The number of carbonyl (C=O) groups is 2. The van der Waals surface area contributed by atoms with Crippen LogP contribution in [0.1, 0.15) is 32.7 Å². The molecule has 2 aromatic carbocycles. The smallest absolute Gasteiger partial charge is 0.334 e. The molecule has 236 valence electrons. The van der Waals surface area contributed by atoms with E-state index in [1.54, 1.807) is 56.6 Å². The van der Waals surface area contributed by atoms with Gasteiger partial charge < -0.3 is 20.7 Å². The highest BCUT2D eigenvalue weighted by atomic mass is 16.5. The summed E-state index contributed by atoms with van der Waals surface area (Å²) in [4.78, 5) is 47.7. The molecule has 2 aliphatic rings. The van der Waals surface area contributed by atoms with Gasteiger partial charge in [0.25, 0.3) is 5.91 Å². The van der Waals surface area contributed by atoms with E-state index in [4.69, 9.17) is 10.5 Å². The minimum atomic E-state index is -0.690. The summed E-state index contributed by atoms with van der Waals surface area (Å²) in [6.07, 6.45) is 4.53. The number of imidazole rings is 1. The third-order valence-corrected chi connectivity index (χ3v) is 8.64. The Morgan fingerprint density at radius 1 is 1.09 bits per heavy atom. The summed E-state index contributed by atoms with van der Waals surface area (Å²) in [6.45, 7) is 5.80. The minimum absolute atomic E-state index is 0.0117. The van der Waals surface area contributed by atoms with E-state index in [-0.39, 0.29) is 42.1 Å².